The third-order valence-electron chi connectivity index (χ3n) is 4.62. The van der Waals surface area contributed by atoms with Gasteiger partial charge in [-0.2, -0.15) is 4.98 Å². The molecule has 150 valence electrons. The highest BCUT2D eigenvalue weighted by atomic mass is 35.5. The Kier molecular flexibility index (Phi) is 5.12. The van der Waals surface area contributed by atoms with Crippen LogP contribution in [-0.2, 0) is 27.8 Å². The zero-order chi connectivity index (χ0) is 20.6. The van der Waals surface area contributed by atoms with Gasteiger partial charge in [0, 0.05) is 29.7 Å². The van der Waals surface area contributed by atoms with Crippen LogP contribution in [-0.4, -0.2) is 31.0 Å². The molecule has 0 bridgehead atoms. The van der Waals surface area contributed by atoms with Crippen molar-refractivity contribution in [2.75, 3.05) is 11.4 Å². The minimum Gasteiger partial charge on any atom is -0.338 e. The molecule has 1 amide bonds. The van der Waals surface area contributed by atoms with E-state index < -0.39 is 10.0 Å². The van der Waals surface area contributed by atoms with Crippen LogP contribution in [0.2, 0.25) is 5.02 Å². The van der Waals surface area contributed by atoms with Crippen LogP contribution in [0.25, 0.3) is 11.4 Å². The summed E-state index contributed by atoms with van der Waals surface area (Å²) in [4.78, 5) is 17.6. The highest BCUT2D eigenvalue weighted by Crippen LogP contribution is 2.30. The van der Waals surface area contributed by atoms with E-state index in [-0.39, 0.29) is 23.2 Å². The van der Waals surface area contributed by atoms with Crippen molar-refractivity contribution in [1.82, 2.24) is 14.9 Å². The number of rotatable bonds is 5. The molecule has 0 fully saturated rings. The van der Waals surface area contributed by atoms with Crippen molar-refractivity contribution < 1.29 is 17.7 Å². The minimum atomic E-state index is -3.78. The summed E-state index contributed by atoms with van der Waals surface area (Å²) in [5.41, 5.74) is 2.28. The van der Waals surface area contributed by atoms with Gasteiger partial charge in [-0.05, 0) is 54.4 Å². The molecule has 0 aliphatic carbocycles. The van der Waals surface area contributed by atoms with Crippen LogP contribution in [0.3, 0.4) is 0 Å². The summed E-state index contributed by atoms with van der Waals surface area (Å²) in [6, 6.07) is 11.6. The maximum atomic E-state index is 12.6. The second-order valence-electron chi connectivity index (χ2n) is 6.55. The molecule has 0 spiro atoms. The van der Waals surface area contributed by atoms with E-state index in [0.717, 1.165) is 11.3 Å². The normalized spacial score (nSPS) is 13.5. The molecule has 1 N–H and O–H groups in total. The Labute approximate surface area is 172 Å². The van der Waals surface area contributed by atoms with Crippen LogP contribution in [0, 0.1) is 0 Å². The molecular formula is C19H17ClN4O4S. The zero-order valence-electron chi connectivity index (χ0n) is 15.4. The van der Waals surface area contributed by atoms with E-state index in [0.29, 0.717) is 29.4 Å². The summed E-state index contributed by atoms with van der Waals surface area (Å²) in [5.74, 6) is 0.422. The fourth-order valence-electron chi connectivity index (χ4n) is 3.16. The smallest absolute Gasteiger partial charge is 0.242 e. The number of amides is 1. The minimum absolute atomic E-state index is 0.0645. The molecule has 0 saturated heterocycles. The van der Waals surface area contributed by atoms with Gasteiger partial charge in [0.25, 0.3) is 0 Å². The Hall–Kier alpha value is -2.75. The Morgan fingerprint density at radius 2 is 2.00 bits per heavy atom. The number of sulfonamides is 1. The second kappa shape index (κ2) is 7.58. The average Bonchev–Trinajstić information content (AvgIpc) is 3.33. The van der Waals surface area contributed by atoms with E-state index in [4.69, 9.17) is 16.1 Å². The van der Waals surface area contributed by atoms with Crippen LogP contribution < -0.4 is 9.62 Å². The van der Waals surface area contributed by atoms with E-state index in [1.54, 1.807) is 41.3 Å². The lowest BCUT2D eigenvalue weighted by molar-refractivity contribution is -0.116. The molecule has 2 heterocycles. The SMILES string of the molecule is CC(=O)N1CCc2cc(S(=O)(=O)NCc3nc(-c4ccc(Cl)cc4)no3)ccc21. The van der Waals surface area contributed by atoms with Crippen molar-refractivity contribution in [1.29, 1.82) is 0 Å². The van der Waals surface area contributed by atoms with Gasteiger partial charge >= 0.3 is 0 Å². The molecule has 1 aliphatic heterocycles. The standard InChI is InChI=1S/C19H17ClN4O4S/c1-12(25)24-9-8-14-10-16(6-7-17(14)24)29(26,27)21-11-18-22-19(23-28-18)13-2-4-15(20)5-3-13/h2-7,10,21H,8-9,11H2,1H3. The number of fused-ring (bicyclic) bond motifs is 1. The Morgan fingerprint density at radius 3 is 2.72 bits per heavy atom. The quantitative estimate of drug-likeness (QED) is 0.664. The van der Waals surface area contributed by atoms with Crippen LogP contribution >= 0.6 is 11.6 Å². The fraction of sp³-hybridized carbons (Fsp3) is 0.211. The number of benzene rings is 2. The first-order chi connectivity index (χ1) is 13.8. The third-order valence-corrected chi connectivity index (χ3v) is 6.27. The highest BCUT2D eigenvalue weighted by molar-refractivity contribution is 7.89. The number of hydrogen-bond acceptors (Lipinski definition) is 6. The third kappa shape index (κ3) is 4.02. The fourth-order valence-corrected chi connectivity index (χ4v) is 4.31. The van der Waals surface area contributed by atoms with Crippen molar-refractivity contribution in [3.05, 3.63) is 58.9 Å². The van der Waals surface area contributed by atoms with Crippen LogP contribution in [0.4, 0.5) is 5.69 Å². The highest BCUT2D eigenvalue weighted by Gasteiger charge is 2.25. The summed E-state index contributed by atoms with van der Waals surface area (Å²) >= 11 is 5.86. The van der Waals surface area contributed by atoms with Gasteiger partial charge in [0.15, 0.2) is 0 Å². The first kappa shape index (κ1) is 19.6. The predicted molar refractivity (Wildman–Crippen MR) is 107 cm³/mol. The summed E-state index contributed by atoms with van der Waals surface area (Å²) in [5, 5.41) is 4.45. The molecule has 1 aromatic heterocycles. The Balaban J connectivity index is 1.47. The largest absolute Gasteiger partial charge is 0.338 e. The lowest BCUT2D eigenvalue weighted by Gasteiger charge is -2.14. The molecule has 0 unspecified atom stereocenters. The molecule has 0 radical (unpaired) electrons. The van der Waals surface area contributed by atoms with Gasteiger partial charge < -0.3 is 9.42 Å². The monoisotopic (exact) mass is 432 g/mol. The van der Waals surface area contributed by atoms with E-state index in [1.807, 2.05) is 0 Å². The van der Waals surface area contributed by atoms with Gasteiger partial charge in [0.2, 0.25) is 27.6 Å². The lowest BCUT2D eigenvalue weighted by Crippen LogP contribution is -2.26. The van der Waals surface area contributed by atoms with E-state index in [2.05, 4.69) is 14.9 Å². The number of aromatic nitrogens is 2. The summed E-state index contributed by atoms with van der Waals surface area (Å²) in [6.07, 6.45) is 0.617. The molecular weight excluding hydrogens is 416 g/mol. The maximum Gasteiger partial charge on any atom is 0.242 e. The van der Waals surface area contributed by atoms with Gasteiger partial charge in [-0.15, -0.1) is 0 Å². The second-order valence-corrected chi connectivity index (χ2v) is 8.76. The maximum absolute atomic E-state index is 12.6. The van der Waals surface area contributed by atoms with Gasteiger partial charge in [-0.3, -0.25) is 4.79 Å². The van der Waals surface area contributed by atoms with E-state index >= 15 is 0 Å². The Bertz CT molecular complexity index is 1180. The lowest BCUT2D eigenvalue weighted by atomic mass is 10.2. The summed E-state index contributed by atoms with van der Waals surface area (Å²) in [6.45, 7) is 1.90. The predicted octanol–water partition coefficient (Wildman–Crippen LogP) is 2.78. The molecule has 29 heavy (non-hydrogen) atoms. The van der Waals surface area contributed by atoms with Gasteiger partial charge in [-0.25, -0.2) is 13.1 Å². The first-order valence-electron chi connectivity index (χ1n) is 8.83. The molecule has 2 aromatic carbocycles. The molecule has 0 saturated carbocycles. The van der Waals surface area contributed by atoms with Crippen LogP contribution in [0.5, 0.6) is 0 Å². The number of nitrogens with zero attached hydrogens (tertiary/aromatic N) is 3. The van der Waals surface area contributed by atoms with Gasteiger partial charge in [0.1, 0.15) is 0 Å². The molecule has 0 atom stereocenters. The topological polar surface area (TPSA) is 105 Å². The number of hydrogen-bond donors (Lipinski definition) is 1. The Morgan fingerprint density at radius 1 is 1.24 bits per heavy atom. The van der Waals surface area contributed by atoms with E-state index in [9.17, 15) is 13.2 Å². The van der Waals surface area contributed by atoms with Gasteiger partial charge in [-0.1, -0.05) is 16.8 Å². The van der Waals surface area contributed by atoms with E-state index in [1.165, 1.54) is 13.0 Å². The summed E-state index contributed by atoms with van der Waals surface area (Å²) in [7, 11) is -3.78. The van der Waals surface area contributed by atoms with Crippen LogP contribution in [0.15, 0.2) is 51.9 Å². The van der Waals surface area contributed by atoms with Crippen molar-refractivity contribution in [2.45, 2.75) is 24.8 Å². The molecule has 3 aromatic rings. The number of carbonyl (C=O) groups is 1. The van der Waals surface area contributed by atoms with Crippen molar-refractivity contribution in [3.8, 4) is 11.4 Å². The molecule has 8 nitrogen and oxygen atoms in total. The number of nitrogens with one attached hydrogen (secondary N) is 1. The van der Waals surface area contributed by atoms with Crippen molar-refractivity contribution in [3.63, 3.8) is 0 Å². The first-order valence-corrected chi connectivity index (χ1v) is 10.7. The molecule has 1 aliphatic rings. The summed E-state index contributed by atoms with van der Waals surface area (Å²) < 4.78 is 32.9. The zero-order valence-corrected chi connectivity index (χ0v) is 17.0. The molecule has 4 rings (SSSR count). The van der Waals surface area contributed by atoms with Gasteiger partial charge in [0.05, 0.1) is 11.4 Å². The van der Waals surface area contributed by atoms with Crippen molar-refractivity contribution >= 4 is 33.2 Å². The average molecular weight is 433 g/mol. The van der Waals surface area contributed by atoms with Crippen molar-refractivity contribution in [2.24, 2.45) is 0 Å². The molecule has 10 heteroatoms. The number of halogens is 1. The number of anilines is 1. The van der Waals surface area contributed by atoms with Crippen LogP contribution in [0.1, 0.15) is 18.4 Å². The number of carbonyl (C=O) groups excluding carboxylic acids is 1.